The highest BCUT2D eigenvalue weighted by atomic mass is 16.6. The first-order valence-electron chi connectivity index (χ1n) is 11.0. The molecule has 5 nitrogen and oxygen atoms in total. The van der Waals surface area contributed by atoms with E-state index in [0.29, 0.717) is 22.8 Å². The monoisotopic (exact) mass is 404 g/mol. The molecule has 0 aromatic heterocycles. The molecule has 0 fully saturated rings. The largest absolute Gasteiger partial charge is 0.497 e. The van der Waals surface area contributed by atoms with Gasteiger partial charge in [-0.3, -0.25) is 0 Å². The zero-order valence-corrected chi connectivity index (χ0v) is 18.3. The summed E-state index contributed by atoms with van der Waals surface area (Å²) in [6.45, 7) is 1.67. The smallest absolute Gasteiger partial charge is 0.342 e. The Morgan fingerprint density at radius 1 is 0.897 bits per heavy atom. The third kappa shape index (κ3) is 7.37. The zero-order valence-electron chi connectivity index (χ0n) is 18.3. The van der Waals surface area contributed by atoms with Gasteiger partial charge >= 0.3 is 5.97 Å². The van der Waals surface area contributed by atoms with Crippen molar-refractivity contribution < 1.29 is 23.8 Å². The quantitative estimate of drug-likeness (QED) is 0.258. The summed E-state index contributed by atoms with van der Waals surface area (Å²) in [5, 5.41) is 0. The van der Waals surface area contributed by atoms with Gasteiger partial charge in [0.05, 0.1) is 14.2 Å². The molecule has 1 aromatic rings. The summed E-state index contributed by atoms with van der Waals surface area (Å²) >= 11 is 0. The fourth-order valence-electron chi connectivity index (χ4n) is 3.95. The highest BCUT2D eigenvalue weighted by Crippen LogP contribution is 2.41. The van der Waals surface area contributed by atoms with E-state index in [1.54, 1.807) is 27.2 Å². The van der Waals surface area contributed by atoms with Gasteiger partial charge in [0.1, 0.15) is 28.9 Å². The van der Waals surface area contributed by atoms with Gasteiger partial charge in [-0.25, -0.2) is 4.79 Å². The number of carbonyl (C=O) groups is 2. The van der Waals surface area contributed by atoms with Gasteiger partial charge in [0.25, 0.3) is 0 Å². The van der Waals surface area contributed by atoms with Gasteiger partial charge in [-0.15, -0.1) is 0 Å². The molecule has 2 rings (SSSR count). The summed E-state index contributed by atoms with van der Waals surface area (Å²) in [5.74, 6) is 1.21. The van der Waals surface area contributed by atoms with Crippen LogP contribution in [0.2, 0.25) is 0 Å². The maximum absolute atomic E-state index is 12.2. The lowest BCUT2D eigenvalue weighted by Crippen LogP contribution is -1.99. The van der Waals surface area contributed by atoms with Crippen LogP contribution in [-0.2, 0) is 9.53 Å². The van der Waals surface area contributed by atoms with Crippen molar-refractivity contribution in [1.82, 2.24) is 0 Å². The van der Waals surface area contributed by atoms with E-state index in [4.69, 9.17) is 14.2 Å². The third-order valence-corrected chi connectivity index (χ3v) is 5.61. The number of hydrogen-bond acceptors (Lipinski definition) is 5. The molecule has 0 saturated heterocycles. The van der Waals surface area contributed by atoms with E-state index in [1.807, 2.05) is 6.07 Å². The highest BCUT2D eigenvalue weighted by molar-refractivity contribution is 5.97. The fraction of sp³-hybridized carbons (Fsp3) is 0.667. The maximum atomic E-state index is 12.2. The van der Waals surface area contributed by atoms with Crippen molar-refractivity contribution in [3.05, 3.63) is 23.3 Å². The molecule has 0 bridgehead atoms. The molecule has 0 spiro atoms. The Morgan fingerprint density at radius 3 is 2.03 bits per heavy atom. The van der Waals surface area contributed by atoms with Crippen LogP contribution < -0.4 is 9.47 Å². The minimum Gasteiger partial charge on any atom is -0.497 e. The van der Waals surface area contributed by atoms with E-state index in [1.165, 1.54) is 44.9 Å². The molecule has 162 valence electrons. The average Bonchev–Trinajstić information content (AvgIpc) is 3.03. The lowest BCUT2D eigenvalue weighted by Gasteiger charge is -2.12. The van der Waals surface area contributed by atoms with Crippen LogP contribution in [0.5, 0.6) is 11.5 Å². The molecular formula is C24H36O5. The molecule has 1 aliphatic heterocycles. The summed E-state index contributed by atoms with van der Waals surface area (Å²) in [7, 11) is 3.17. The first kappa shape index (κ1) is 23.2. The number of unbranched alkanes of at least 4 members (excludes halogenated alkanes) is 9. The summed E-state index contributed by atoms with van der Waals surface area (Å²) in [4.78, 5) is 23.1. The van der Waals surface area contributed by atoms with Crippen molar-refractivity contribution in [3.8, 4) is 11.5 Å². The van der Waals surface area contributed by atoms with Gasteiger partial charge in [0, 0.05) is 18.1 Å². The predicted molar refractivity (Wildman–Crippen MR) is 114 cm³/mol. The third-order valence-electron chi connectivity index (χ3n) is 5.61. The molecule has 5 heteroatoms. The number of hydrogen-bond donors (Lipinski definition) is 0. The second-order valence-electron chi connectivity index (χ2n) is 7.96. The molecule has 0 unspecified atom stereocenters. The lowest BCUT2D eigenvalue weighted by atomic mass is 9.98. The summed E-state index contributed by atoms with van der Waals surface area (Å²) in [6, 6.07) is 3.62. The van der Waals surface area contributed by atoms with Crippen LogP contribution in [0.3, 0.4) is 0 Å². The van der Waals surface area contributed by atoms with E-state index < -0.39 is 0 Å². The second kappa shape index (κ2) is 12.5. The van der Waals surface area contributed by atoms with E-state index in [2.05, 4.69) is 0 Å². The Morgan fingerprint density at radius 2 is 1.48 bits per heavy atom. The van der Waals surface area contributed by atoms with Crippen molar-refractivity contribution in [2.24, 2.45) is 0 Å². The first-order valence-corrected chi connectivity index (χ1v) is 11.0. The van der Waals surface area contributed by atoms with E-state index in [9.17, 15) is 9.59 Å². The van der Waals surface area contributed by atoms with Crippen molar-refractivity contribution >= 4 is 11.8 Å². The van der Waals surface area contributed by atoms with Crippen LogP contribution in [-0.4, -0.2) is 26.0 Å². The number of Topliss-reactive ketones (excluding diaryl/α,β-unsaturated/α-hetero) is 1. The molecule has 1 heterocycles. The Bertz CT molecular complexity index is 667. The second-order valence-corrected chi connectivity index (χ2v) is 7.96. The number of fused-ring (bicyclic) bond motifs is 1. The Kier molecular flexibility index (Phi) is 10.0. The van der Waals surface area contributed by atoms with Crippen LogP contribution in [0.25, 0.3) is 0 Å². The normalized spacial score (nSPS) is 15.1. The number of rotatable bonds is 15. The standard InChI is InChI=1S/C24H36O5/c1-18(25)14-12-10-8-6-4-5-7-9-11-13-15-21-20-16-19(27-2)17-22(28-3)23(20)24(26)29-21/h16-17,21H,4-15H2,1-3H3/t21-/m0/s1. The van der Waals surface area contributed by atoms with Gasteiger partial charge in [-0.2, -0.15) is 0 Å². The summed E-state index contributed by atoms with van der Waals surface area (Å²) in [5.41, 5.74) is 1.43. The Balaban J connectivity index is 1.60. The fourth-order valence-corrected chi connectivity index (χ4v) is 3.95. The van der Waals surface area contributed by atoms with E-state index >= 15 is 0 Å². The predicted octanol–water partition coefficient (Wildman–Crippen LogP) is 6.19. The van der Waals surface area contributed by atoms with Gasteiger partial charge in [-0.1, -0.05) is 51.4 Å². The number of ether oxygens (including phenoxy) is 3. The van der Waals surface area contributed by atoms with Crippen LogP contribution in [0.15, 0.2) is 12.1 Å². The molecule has 0 N–H and O–H groups in total. The molecule has 0 amide bonds. The van der Waals surface area contributed by atoms with Crippen molar-refractivity contribution in [1.29, 1.82) is 0 Å². The number of benzene rings is 1. The number of cyclic esters (lactones) is 1. The van der Waals surface area contributed by atoms with Crippen molar-refractivity contribution in [2.75, 3.05) is 14.2 Å². The number of carbonyl (C=O) groups excluding carboxylic acids is 2. The van der Waals surface area contributed by atoms with Crippen molar-refractivity contribution in [3.63, 3.8) is 0 Å². The summed E-state index contributed by atoms with van der Waals surface area (Å²) < 4.78 is 16.3. The highest BCUT2D eigenvalue weighted by Gasteiger charge is 2.34. The topological polar surface area (TPSA) is 61.8 Å². The van der Waals surface area contributed by atoms with Crippen LogP contribution >= 0.6 is 0 Å². The molecule has 0 aliphatic carbocycles. The van der Waals surface area contributed by atoms with Gasteiger partial charge in [0.15, 0.2) is 0 Å². The molecule has 1 aliphatic rings. The van der Waals surface area contributed by atoms with Crippen molar-refractivity contribution in [2.45, 2.75) is 90.1 Å². The van der Waals surface area contributed by atoms with E-state index in [-0.39, 0.29) is 12.1 Å². The Hall–Kier alpha value is -2.04. The average molecular weight is 405 g/mol. The summed E-state index contributed by atoms with van der Waals surface area (Å²) in [6.07, 6.45) is 13.4. The lowest BCUT2D eigenvalue weighted by molar-refractivity contribution is -0.117. The number of esters is 1. The van der Waals surface area contributed by atoms with Crippen LogP contribution in [0.1, 0.15) is 106 Å². The van der Waals surface area contributed by atoms with Crippen LogP contribution in [0.4, 0.5) is 0 Å². The molecule has 1 atom stereocenters. The van der Waals surface area contributed by atoms with Gasteiger partial charge in [-0.05, 0) is 32.3 Å². The SMILES string of the molecule is COc1cc(OC)c2c(c1)[C@H](CCCCCCCCCCCCC(C)=O)OC2=O. The number of methoxy groups -OCH3 is 2. The minimum absolute atomic E-state index is 0.198. The van der Waals surface area contributed by atoms with Gasteiger partial charge in [0.2, 0.25) is 0 Å². The molecule has 1 aromatic carbocycles. The first-order chi connectivity index (χ1) is 14.1. The maximum Gasteiger partial charge on any atom is 0.342 e. The Labute approximate surface area is 175 Å². The molecule has 29 heavy (non-hydrogen) atoms. The molecule has 0 radical (unpaired) electrons. The van der Waals surface area contributed by atoms with Crippen LogP contribution in [0, 0.1) is 0 Å². The van der Waals surface area contributed by atoms with Gasteiger partial charge < -0.3 is 19.0 Å². The molecular weight excluding hydrogens is 368 g/mol. The minimum atomic E-state index is -0.298. The van der Waals surface area contributed by atoms with E-state index in [0.717, 1.165) is 37.7 Å². The molecule has 0 saturated carbocycles. The number of ketones is 1. The zero-order chi connectivity index (χ0) is 21.1.